The first-order valence-corrected chi connectivity index (χ1v) is 12.4. The number of thiazole rings is 1. The maximum Gasteiger partial charge on any atom is 0.409 e. The Morgan fingerprint density at radius 3 is 2.64 bits per heavy atom. The van der Waals surface area contributed by atoms with E-state index in [9.17, 15) is 23.2 Å². The predicted octanol–water partition coefficient (Wildman–Crippen LogP) is 4.11. The van der Waals surface area contributed by atoms with Crippen LogP contribution in [0.2, 0.25) is 0 Å². The minimum Gasteiger partial charge on any atom is -0.465 e. The summed E-state index contributed by atoms with van der Waals surface area (Å²) < 4.78 is 36.6. The van der Waals surface area contributed by atoms with E-state index >= 15 is 0 Å². The Labute approximate surface area is 217 Å². The third-order valence-corrected chi connectivity index (χ3v) is 6.35. The van der Waals surface area contributed by atoms with Crippen molar-refractivity contribution >= 4 is 61.9 Å². The van der Waals surface area contributed by atoms with E-state index in [2.05, 4.69) is 42.0 Å². The average molecular weight is 594 g/mol. The van der Waals surface area contributed by atoms with Gasteiger partial charge in [-0.15, -0.1) is 0 Å². The van der Waals surface area contributed by atoms with Crippen LogP contribution in [0, 0.1) is 0 Å². The number of carboxylic acid groups (broad SMARTS) is 1. The van der Waals surface area contributed by atoms with Gasteiger partial charge in [0, 0.05) is 26.1 Å². The number of carbonyl (C=O) groups excluding carboxylic acids is 2. The molecular weight excluding hydrogens is 568 g/mol. The van der Waals surface area contributed by atoms with Crippen LogP contribution in [0.1, 0.15) is 44.1 Å². The van der Waals surface area contributed by atoms with Gasteiger partial charge < -0.3 is 25.4 Å². The van der Waals surface area contributed by atoms with Crippen LogP contribution in [0.5, 0.6) is 0 Å². The summed E-state index contributed by atoms with van der Waals surface area (Å²) in [6, 6.07) is -0.830. The summed E-state index contributed by atoms with van der Waals surface area (Å²) in [7, 11) is 1.54. The van der Waals surface area contributed by atoms with Crippen LogP contribution >= 0.6 is 27.3 Å². The maximum atomic E-state index is 14.9. The van der Waals surface area contributed by atoms with E-state index in [0.717, 1.165) is 11.3 Å². The van der Waals surface area contributed by atoms with E-state index in [1.165, 1.54) is 15.8 Å². The van der Waals surface area contributed by atoms with E-state index in [0.29, 0.717) is 0 Å². The summed E-state index contributed by atoms with van der Waals surface area (Å²) in [4.78, 5) is 41.4. The molecule has 0 radical (unpaired) electrons. The van der Waals surface area contributed by atoms with Gasteiger partial charge in [0.15, 0.2) is 15.4 Å². The second-order valence-electron chi connectivity index (χ2n) is 9.15. The molecule has 36 heavy (non-hydrogen) atoms. The van der Waals surface area contributed by atoms with Crippen LogP contribution in [-0.4, -0.2) is 68.6 Å². The number of amides is 3. The number of alkyl halides is 2. The number of hydrogen-bond acceptors (Lipinski definition) is 8. The maximum absolute atomic E-state index is 14.9. The number of alkyl carbamates (subject to hydrolysis) is 1. The fourth-order valence-corrected chi connectivity index (χ4v) is 5.02. The van der Waals surface area contributed by atoms with Gasteiger partial charge in [0.05, 0.1) is 12.7 Å². The van der Waals surface area contributed by atoms with E-state index < -0.39 is 48.6 Å². The Morgan fingerprint density at radius 1 is 1.31 bits per heavy atom. The molecule has 1 fully saturated rings. The second kappa shape index (κ2) is 10.5. The molecule has 16 heteroatoms. The van der Waals surface area contributed by atoms with Crippen molar-refractivity contribution in [3.05, 3.63) is 15.8 Å². The highest BCUT2D eigenvalue weighted by atomic mass is 79.9. The molecule has 3 heterocycles. The van der Waals surface area contributed by atoms with Crippen molar-refractivity contribution < 1.29 is 33.0 Å². The summed E-state index contributed by atoms with van der Waals surface area (Å²) in [5.41, 5.74) is -0.813. The van der Waals surface area contributed by atoms with Gasteiger partial charge in [-0.3, -0.25) is 14.8 Å². The van der Waals surface area contributed by atoms with Crippen LogP contribution in [0.15, 0.2) is 10.1 Å². The van der Waals surface area contributed by atoms with Gasteiger partial charge in [0.1, 0.15) is 16.3 Å². The first-order valence-electron chi connectivity index (χ1n) is 10.8. The molecule has 2 aromatic heterocycles. The number of ether oxygens (including phenoxy) is 1. The molecule has 1 aliphatic rings. The van der Waals surface area contributed by atoms with Gasteiger partial charge in [-0.1, -0.05) is 11.3 Å². The molecule has 1 atom stereocenters. The molecule has 0 unspecified atom stereocenters. The van der Waals surface area contributed by atoms with Gasteiger partial charge in [-0.25, -0.2) is 23.4 Å². The molecule has 0 spiro atoms. The Morgan fingerprint density at radius 2 is 2.00 bits per heavy atom. The summed E-state index contributed by atoms with van der Waals surface area (Å²) in [6.07, 6.45) is -1.23. The van der Waals surface area contributed by atoms with Crippen molar-refractivity contribution in [2.75, 3.05) is 28.6 Å². The number of anilines is 3. The first-order chi connectivity index (χ1) is 16.6. The molecule has 3 amide bonds. The van der Waals surface area contributed by atoms with Gasteiger partial charge in [0.2, 0.25) is 0 Å². The van der Waals surface area contributed by atoms with Gasteiger partial charge >= 0.3 is 12.2 Å². The SMILES string of the molecule is Cn1ncc(NC(=O)c2nc(Br)sc2NC(=O)O)c1N1CC[C@@H](NC(=O)OC(C)(C)C)CC(F)(F)C1. The molecule has 0 aromatic carbocycles. The van der Waals surface area contributed by atoms with E-state index in [1.807, 2.05) is 0 Å². The van der Waals surface area contributed by atoms with Crippen LogP contribution in [0.4, 0.5) is 34.9 Å². The van der Waals surface area contributed by atoms with Crippen molar-refractivity contribution in [3.8, 4) is 0 Å². The quantitative estimate of drug-likeness (QED) is 0.404. The molecule has 0 aliphatic carbocycles. The standard InChI is InChI=1S/C20H26BrF2N7O5S/c1-19(2,3)35-18(34)25-10-5-6-30(9-20(22,23)7-10)15-11(8-24-29(15)4)26-13(31)12-14(28-17(32)33)36-16(21)27-12/h8,10,28H,5-7,9H2,1-4H3,(H,25,34)(H,26,31)(H,32,33)/t10-/m1/s1. The fourth-order valence-electron chi connectivity index (χ4n) is 3.68. The largest absolute Gasteiger partial charge is 0.465 e. The van der Waals surface area contributed by atoms with Crippen LogP contribution in [-0.2, 0) is 11.8 Å². The third-order valence-electron chi connectivity index (χ3n) is 4.93. The lowest BCUT2D eigenvalue weighted by Gasteiger charge is -2.26. The van der Waals surface area contributed by atoms with Crippen molar-refractivity contribution in [1.82, 2.24) is 20.1 Å². The smallest absolute Gasteiger partial charge is 0.409 e. The normalized spacial score (nSPS) is 17.8. The zero-order chi connectivity index (χ0) is 26.8. The van der Waals surface area contributed by atoms with E-state index in [1.54, 1.807) is 27.8 Å². The summed E-state index contributed by atoms with van der Waals surface area (Å²) in [5, 5.41) is 20.3. The molecule has 0 saturated carbocycles. The molecular formula is C20H26BrF2N7O5S. The van der Waals surface area contributed by atoms with Crippen molar-refractivity contribution in [3.63, 3.8) is 0 Å². The van der Waals surface area contributed by atoms with Gasteiger partial charge in [0.25, 0.3) is 11.8 Å². The molecule has 4 N–H and O–H groups in total. The lowest BCUT2D eigenvalue weighted by atomic mass is 10.1. The minimum absolute atomic E-state index is 0.00493. The van der Waals surface area contributed by atoms with Crippen molar-refractivity contribution in [1.29, 1.82) is 0 Å². The van der Waals surface area contributed by atoms with Gasteiger partial charge in [-0.05, 0) is 43.1 Å². The Kier molecular flexibility index (Phi) is 8.07. The monoisotopic (exact) mass is 593 g/mol. The Bertz CT molecular complexity index is 1150. The average Bonchev–Trinajstić information content (AvgIpc) is 3.19. The highest BCUT2D eigenvalue weighted by Gasteiger charge is 2.40. The molecule has 198 valence electrons. The number of nitrogens with zero attached hydrogens (tertiary/aromatic N) is 4. The van der Waals surface area contributed by atoms with Gasteiger partial charge in [-0.2, -0.15) is 5.10 Å². The number of aromatic nitrogens is 3. The second-order valence-corrected chi connectivity index (χ2v) is 11.4. The zero-order valence-electron chi connectivity index (χ0n) is 19.9. The predicted molar refractivity (Wildman–Crippen MR) is 132 cm³/mol. The molecule has 1 saturated heterocycles. The summed E-state index contributed by atoms with van der Waals surface area (Å²) in [5.74, 6) is -3.69. The highest BCUT2D eigenvalue weighted by Crippen LogP contribution is 2.34. The zero-order valence-corrected chi connectivity index (χ0v) is 22.3. The molecule has 12 nitrogen and oxygen atoms in total. The Balaban J connectivity index is 1.79. The number of rotatable bonds is 5. The molecule has 1 aliphatic heterocycles. The van der Waals surface area contributed by atoms with Crippen LogP contribution < -0.4 is 20.9 Å². The number of carbonyl (C=O) groups is 3. The minimum atomic E-state index is -3.17. The lowest BCUT2D eigenvalue weighted by molar-refractivity contribution is -0.00543. The third kappa shape index (κ3) is 7.25. The fraction of sp³-hybridized carbons (Fsp3) is 0.550. The van der Waals surface area contributed by atoms with E-state index in [4.69, 9.17) is 9.84 Å². The number of aryl methyl sites for hydroxylation is 1. The first kappa shape index (κ1) is 27.6. The van der Waals surface area contributed by atoms with Crippen molar-refractivity contribution in [2.45, 2.75) is 51.2 Å². The summed E-state index contributed by atoms with van der Waals surface area (Å²) in [6.45, 7) is 4.50. The number of nitrogens with one attached hydrogen (secondary N) is 3. The number of hydrogen-bond donors (Lipinski definition) is 4. The van der Waals surface area contributed by atoms with Crippen LogP contribution in [0.3, 0.4) is 0 Å². The van der Waals surface area contributed by atoms with E-state index in [-0.39, 0.29) is 39.1 Å². The molecule has 0 bridgehead atoms. The number of halogens is 3. The lowest BCUT2D eigenvalue weighted by Crippen LogP contribution is -2.42. The highest BCUT2D eigenvalue weighted by molar-refractivity contribution is 9.11. The molecule has 3 rings (SSSR count). The molecule has 2 aromatic rings. The van der Waals surface area contributed by atoms with Crippen molar-refractivity contribution in [2.24, 2.45) is 7.05 Å². The Hall–Kier alpha value is -3.01. The topological polar surface area (TPSA) is 151 Å². The van der Waals surface area contributed by atoms with Crippen LogP contribution in [0.25, 0.3) is 0 Å². The summed E-state index contributed by atoms with van der Waals surface area (Å²) >= 11 is 4.02.